The van der Waals surface area contributed by atoms with Gasteiger partial charge in [0.1, 0.15) is 5.60 Å². The minimum absolute atomic E-state index is 0.300. The van der Waals surface area contributed by atoms with Crippen LogP contribution in [0.3, 0.4) is 0 Å². The van der Waals surface area contributed by atoms with Gasteiger partial charge in [0, 0.05) is 0 Å². The highest BCUT2D eigenvalue weighted by atomic mass is 16.7. The van der Waals surface area contributed by atoms with Crippen molar-refractivity contribution in [1.29, 1.82) is 0 Å². The van der Waals surface area contributed by atoms with E-state index in [1.54, 1.807) is 0 Å². The fraction of sp³-hybridized carbons (Fsp3) is 0.929. The summed E-state index contributed by atoms with van der Waals surface area (Å²) in [6, 6.07) is 0. The highest BCUT2D eigenvalue weighted by Crippen LogP contribution is 2.61. The van der Waals surface area contributed by atoms with Crippen LogP contribution >= 0.6 is 0 Å². The van der Waals surface area contributed by atoms with Crippen molar-refractivity contribution in [3.05, 3.63) is 0 Å². The van der Waals surface area contributed by atoms with E-state index in [4.69, 9.17) is 9.84 Å². The van der Waals surface area contributed by atoms with Gasteiger partial charge in [0.2, 0.25) is 0 Å². The molecule has 0 amide bonds. The van der Waals surface area contributed by atoms with Crippen molar-refractivity contribution in [2.75, 3.05) is 0 Å². The van der Waals surface area contributed by atoms with E-state index < -0.39 is 6.16 Å². The van der Waals surface area contributed by atoms with Crippen molar-refractivity contribution >= 4 is 6.16 Å². The van der Waals surface area contributed by atoms with E-state index >= 15 is 0 Å². The molecule has 0 aromatic carbocycles. The third-order valence-electron chi connectivity index (χ3n) is 5.58. The quantitative estimate of drug-likeness (QED) is 0.748. The van der Waals surface area contributed by atoms with E-state index in [-0.39, 0.29) is 5.60 Å². The molecule has 0 aliphatic heterocycles. The van der Waals surface area contributed by atoms with E-state index in [1.807, 2.05) is 0 Å². The van der Waals surface area contributed by atoms with Crippen molar-refractivity contribution in [3.63, 3.8) is 0 Å². The van der Waals surface area contributed by atoms with Gasteiger partial charge in [0.05, 0.1) is 0 Å². The topological polar surface area (TPSA) is 46.5 Å². The molecule has 0 spiro atoms. The number of hydrogen-bond donors (Lipinski definition) is 1. The molecular formula is C14H22O3. The van der Waals surface area contributed by atoms with E-state index in [1.165, 1.54) is 32.1 Å². The van der Waals surface area contributed by atoms with Gasteiger partial charge in [-0.1, -0.05) is 13.8 Å². The lowest BCUT2D eigenvalue weighted by molar-refractivity contribution is -0.202. The van der Waals surface area contributed by atoms with Gasteiger partial charge in [-0.3, -0.25) is 0 Å². The molecule has 0 atom stereocenters. The SMILES string of the molecule is CC(C)C1(OC(=O)O)C2CC3CC(C2)CC1C3. The molecule has 0 aromatic rings. The maximum atomic E-state index is 11.1. The normalized spacial score (nSPS) is 47.5. The number of carbonyl (C=O) groups is 1. The van der Waals surface area contributed by atoms with Gasteiger partial charge < -0.3 is 9.84 Å². The molecule has 4 fully saturated rings. The Labute approximate surface area is 103 Å². The maximum absolute atomic E-state index is 11.1. The van der Waals surface area contributed by atoms with Crippen LogP contribution < -0.4 is 0 Å². The lowest BCUT2D eigenvalue weighted by Gasteiger charge is -2.61. The second-order valence-electron chi connectivity index (χ2n) is 6.68. The van der Waals surface area contributed by atoms with Crippen LogP contribution in [-0.4, -0.2) is 16.9 Å². The summed E-state index contributed by atoms with van der Waals surface area (Å²) >= 11 is 0. The average molecular weight is 238 g/mol. The summed E-state index contributed by atoms with van der Waals surface area (Å²) in [5.41, 5.74) is -0.376. The summed E-state index contributed by atoms with van der Waals surface area (Å²) in [6.07, 6.45) is 5.08. The Bertz CT molecular complexity index is 306. The number of ether oxygens (including phenoxy) is 1. The van der Waals surface area contributed by atoms with Gasteiger partial charge in [-0.25, -0.2) is 4.79 Å². The summed E-state index contributed by atoms with van der Waals surface area (Å²) in [6.45, 7) is 4.26. The van der Waals surface area contributed by atoms with Crippen LogP contribution in [0.15, 0.2) is 0 Å². The molecule has 1 N–H and O–H groups in total. The van der Waals surface area contributed by atoms with Crippen LogP contribution in [0.2, 0.25) is 0 Å². The first kappa shape index (κ1) is 11.4. The van der Waals surface area contributed by atoms with Gasteiger partial charge in [-0.15, -0.1) is 0 Å². The van der Waals surface area contributed by atoms with Crippen molar-refractivity contribution in [1.82, 2.24) is 0 Å². The highest BCUT2D eigenvalue weighted by Gasteiger charge is 2.60. The molecule has 4 aliphatic carbocycles. The van der Waals surface area contributed by atoms with Crippen LogP contribution in [-0.2, 0) is 4.74 Å². The Morgan fingerprint density at radius 2 is 1.59 bits per heavy atom. The molecule has 4 aliphatic rings. The largest absolute Gasteiger partial charge is 0.506 e. The molecule has 0 radical (unpaired) electrons. The number of rotatable bonds is 2. The molecule has 4 rings (SSSR count). The smallest absolute Gasteiger partial charge is 0.450 e. The van der Waals surface area contributed by atoms with E-state index in [2.05, 4.69) is 13.8 Å². The maximum Gasteiger partial charge on any atom is 0.506 e. The summed E-state index contributed by atoms with van der Waals surface area (Å²) in [5, 5.41) is 9.09. The van der Waals surface area contributed by atoms with Gasteiger partial charge in [-0.05, 0) is 61.7 Å². The van der Waals surface area contributed by atoms with Crippen molar-refractivity contribution in [2.24, 2.45) is 29.6 Å². The summed E-state index contributed by atoms with van der Waals surface area (Å²) in [7, 11) is 0. The second-order valence-corrected chi connectivity index (χ2v) is 6.68. The molecule has 0 unspecified atom stereocenters. The average Bonchev–Trinajstić information content (AvgIpc) is 2.21. The predicted molar refractivity (Wildman–Crippen MR) is 63.7 cm³/mol. The summed E-state index contributed by atoms with van der Waals surface area (Å²) < 4.78 is 5.49. The Hall–Kier alpha value is -0.730. The molecular weight excluding hydrogens is 216 g/mol. The lowest BCUT2D eigenvalue weighted by atomic mass is 9.47. The van der Waals surface area contributed by atoms with Gasteiger partial charge in [-0.2, -0.15) is 0 Å². The highest BCUT2D eigenvalue weighted by molar-refractivity contribution is 5.58. The minimum Gasteiger partial charge on any atom is -0.450 e. The Balaban J connectivity index is 1.95. The molecule has 0 aromatic heterocycles. The van der Waals surface area contributed by atoms with Crippen LogP contribution in [0.1, 0.15) is 46.0 Å². The van der Waals surface area contributed by atoms with Gasteiger partial charge in [0.15, 0.2) is 0 Å². The third-order valence-corrected chi connectivity index (χ3v) is 5.58. The first-order valence-electron chi connectivity index (χ1n) is 6.94. The van der Waals surface area contributed by atoms with Crippen molar-refractivity contribution in [2.45, 2.75) is 51.6 Å². The van der Waals surface area contributed by atoms with Gasteiger partial charge in [0.25, 0.3) is 0 Å². The van der Waals surface area contributed by atoms with Crippen LogP contribution in [0, 0.1) is 29.6 Å². The second kappa shape index (κ2) is 3.63. The molecule has 3 heteroatoms. The zero-order valence-corrected chi connectivity index (χ0v) is 10.7. The minimum atomic E-state index is -1.08. The van der Waals surface area contributed by atoms with E-state index in [0.29, 0.717) is 17.8 Å². The predicted octanol–water partition coefficient (Wildman–Crippen LogP) is 3.53. The number of hydrogen-bond acceptors (Lipinski definition) is 2. The first-order valence-corrected chi connectivity index (χ1v) is 6.94. The molecule has 17 heavy (non-hydrogen) atoms. The lowest BCUT2D eigenvalue weighted by Crippen LogP contribution is -2.62. The van der Waals surface area contributed by atoms with Crippen LogP contribution in [0.5, 0.6) is 0 Å². The fourth-order valence-corrected chi connectivity index (χ4v) is 5.30. The van der Waals surface area contributed by atoms with Crippen molar-refractivity contribution in [3.8, 4) is 0 Å². The first-order chi connectivity index (χ1) is 8.02. The van der Waals surface area contributed by atoms with E-state index in [0.717, 1.165) is 11.8 Å². The zero-order chi connectivity index (χ0) is 12.2. The summed E-state index contributed by atoms with van der Waals surface area (Å²) in [4.78, 5) is 11.1. The Morgan fingerprint density at radius 3 is 1.94 bits per heavy atom. The Morgan fingerprint density at radius 1 is 1.12 bits per heavy atom. The van der Waals surface area contributed by atoms with Gasteiger partial charge >= 0.3 is 6.16 Å². The molecule has 0 saturated heterocycles. The number of carboxylic acid groups (broad SMARTS) is 1. The summed E-state index contributed by atoms with van der Waals surface area (Å²) in [5.74, 6) is 2.96. The molecule has 3 nitrogen and oxygen atoms in total. The van der Waals surface area contributed by atoms with Crippen molar-refractivity contribution < 1.29 is 14.6 Å². The fourth-order valence-electron chi connectivity index (χ4n) is 5.30. The molecule has 4 saturated carbocycles. The monoisotopic (exact) mass is 238 g/mol. The Kier molecular flexibility index (Phi) is 2.43. The standard InChI is InChI=1S/C14H22O3/c1-8(2)14(17-13(15)16)11-4-9-3-10(6-11)7-12(14)5-9/h8-12H,3-7H2,1-2H3,(H,15,16). The molecule has 96 valence electrons. The van der Waals surface area contributed by atoms with Crippen LogP contribution in [0.4, 0.5) is 4.79 Å². The molecule has 4 bridgehead atoms. The van der Waals surface area contributed by atoms with E-state index in [9.17, 15) is 4.79 Å². The third kappa shape index (κ3) is 1.50. The zero-order valence-electron chi connectivity index (χ0n) is 10.7. The van der Waals surface area contributed by atoms with Crippen LogP contribution in [0.25, 0.3) is 0 Å². The molecule has 0 heterocycles.